The molecule has 0 spiro atoms. The molecule has 1 aliphatic rings. The Balaban J connectivity index is 1.46. The van der Waals surface area contributed by atoms with Crippen molar-refractivity contribution in [2.75, 3.05) is 33.3 Å². The van der Waals surface area contributed by atoms with Crippen molar-refractivity contribution < 1.29 is 14.1 Å². The Morgan fingerprint density at radius 3 is 2.65 bits per heavy atom. The first-order valence-corrected chi connectivity index (χ1v) is 9.11. The zero-order valence-electron chi connectivity index (χ0n) is 15.8. The Bertz CT molecular complexity index is 729. The number of nitrogens with zero attached hydrogens (tertiary/aromatic N) is 3. The topological polar surface area (TPSA) is 58.8 Å². The summed E-state index contributed by atoms with van der Waals surface area (Å²) in [5, 5.41) is 4.02. The molecule has 6 nitrogen and oxygen atoms in total. The highest BCUT2D eigenvalue weighted by atomic mass is 16.5. The van der Waals surface area contributed by atoms with E-state index in [1.807, 2.05) is 43.0 Å². The molecule has 0 aliphatic carbocycles. The SMILES string of the molecule is COc1cccc(CCC(=O)N2CCN(Cc3c(C)noc3C)CC2)c1. The zero-order valence-corrected chi connectivity index (χ0v) is 15.8. The lowest BCUT2D eigenvalue weighted by molar-refractivity contribution is -0.133. The number of carbonyl (C=O) groups excluding carboxylic acids is 1. The number of hydrogen-bond acceptors (Lipinski definition) is 5. The first-order valence-electron chi connectivity index (χ1n) is 9.11. The van der Waals surface area contributed by atoms with Crippen LogP contribution in [0.2, 0.25) is 0 Å². The van der Waals surface area contributed by atoms with E-state index >= 15 is 0 Å². The Morgan fingerprint density at radius 2 is 2.00 bits per heavy atom. The highest BCUT2D eigenvalue weighted by molar-refractivity contribution is 5.76. The maximum absolute atomic E-state index is 12.5. The molecule has 6 heteroatoms. The average Bonchev–Trinajstić information content (AvgIpc) is 2.99. The lowest BCUT2D eigenvalue weighted by atomic mass is 10.1. The smallest absolute Gasteiger partial charge is 0.222 e. The number of ether oxygens (including phenoxy) is 1. The van der Waals surface area contributed by atoms with Gasteiger partial charge in [0.25, 0.3) is 0 Å². The number of methoxy groups -OCH3 is 1. The summed E-state index contributed by atoms with van der Waals surface area (Å²) in [6.07, 6.45) is 1.28. The van der Waals surface area contributed by atoms with Crippen LogP contribution in [-0.2, 0) is 17.8 Å². The summed E-state index contributed by atoms with van der Waals surface area (Å²) >= 11 is 0. The fourth-order valence-corrected chi connectivity index (χ4v) is 3.34. The largest absolute Gasteiger partial charge is 0.497 e. The van der Waals surface area contributed by atoms with Crippen molar-refractivity contribution in [2.24, 2.45) is 0 Å². The van der Waals surface area contributed by atoms with Gasteiger partial charge in [-0.15, -0.1) is 0 Å². The fraction of sp³-hybridized carbons (Fsp3) is 0.500. The molecule has 140 valence electrons. The van der Waals surface area contributed by atoms with Crippen molar-refractivity contribution in [3.63, 3.8) is 0 Å². The van der Waals surface area contributed by atoms with Crippen molar-refractivity contribution in [2.45, 2.75) is 33.2 Å². The first kappa shape index (κ1) is 18.5. The third-order valence-corrected chi connectivity index (χ3v) is 5.05. The van der Waals surface area contributed by atoms with E-state index in [1.54, 1.807) is 7.11 Å². The minimum Gasteiger partial charge on any atom is -0.497 e. The van der Waals surface area contributed by atoms with Crippen molar-refractivity contribution in [3.8, 4) is 5.75 Å². The normalized spacial score (nSPS) is 15.3. The van der Waals surface area contributed by atoms with E-state index in [4.69, 9.17) is 9.26 Å². The molecule has 0 radical (unpaired) electrons. The van der Waals surface area contributed by atoms with Gasteiger partial charge in [0.1, 0.15) is 11.5 Å². The summed E-state index contributed by atoms with van der Waals surface area (Å²) in [6.45, 7) is 8.09. The van der Waals surface area contributed by atoms with Gasteiger partial charge in [0, 0.05) is 44.7 Å². The second-order valence-corrected chi connectivity index (χ2v) is 6.81. The predicted octanol–water partition coefficient (Wildman–Crippen LogP) is 2.58. The van der Waals surface area contributed by atoms with Crippen LogP contribution in [0.5, 0.6) is 5.75 Å². The van der Waals surface area contributed by atoms with Gasteiger partial charge in [-0.05, 0) is 38.0 Å². The van der Waals surface area contributed by atoms with Crippen LogP contribution in [0.15, 0.2) is 28.8 Å². The molecule has 1 aromatic heterocycles. The van der Waals surface area contributed by atoms with Gasteiger partial charge in [-0.2, -0.15) is 0 Å². The standard InChI is InChI=1S/C20H27N3O3/c1-15-19(16(2)26-21-15)14-22-9-11-23(12-10-22)20(24)8-7-17-5-4-6-18(13-17)25-3/h4-6,13H,7-12,14H2,1-3H3. The van der Waals surface area contributed by atoms with Crippen molar-refractivity contribution in [1.82, 2.24) is 15.0 Å². The minimum absolute atomic E-state index is 0.227. The summed E-state index contributed by atoms with van der Waals surface area (Å²) in [4.78, 5) is 16.8. The van der Waals surface area contributed by atoms with Gasteiger partial charge in [0.05, 0.1) is 12.8 Å². The van der Waals surface area contributed by atoms with Crippen LogP contribution in [0, 0.1) is 13.8 Å². The van der Waals surface area contributed by atoms with Crippen molar-refractivity contribution >= 4 is 5.91 Å². The number of amides is 1. The van der Waals surface area contributed by atoms with Gasteiger partial charge >= 0.3 is 0 Å². The highest BCUT2D eigenvalue weighted by Gasteiger charge is 2.22. The second kappa shape index (κ2) is 8.36. The molecule has 3 rings (SSSR count). The molecule has 0 saturated carbocycles. The quantitative estimate of drug-likeness (QED) is 0.795. The van der Waals surface area contributed by atoms with Crippen LogP contribution in [0.4, 0.5) is 0 Å². The molecule has 1 aromatic carbocycles. The van der Waals surface area contributed by atoms with Crippen LogP contribution < -0.4 is 4.74 Å². The highest BCUT2D eigenvalue weighted by Crippen LogP contribution is 2.17. The van der Waals surface area contributed by atoms with Gasteiger partial charge < -0.3 is 14.2 Å². The van der Waals surface area contributed by atoms with E-state index in [0.717, 1.165) is 61.9 Å². The van der Waals surface area contributed by atoms with E-state index in [0.29, 0.717) is 6.42 Å². The van der Waals surface area contributed by atoms with Gasteiger partial charge in [0.15, 0.2) is 0 Å². The summed E-state index contributed by atoms with van der Waals surface area (Å²) in [5.41, 5.74) is 3.26. The predicted molar refractivity (Wildman–Crippen MR) is 99.1 cm³/mol. The van der Waals surface area contributed by atoms with Gasteiger partial charge in [-0.1, -0.05) is 17.3 Å². The number of piperazine rings is 1. The summed E-state index contributed by atoms with van der Waals surface area (Å²) < 4.78 is 10.5. The summed E-state index contributed by atoms with van der Waals surface area (Å²) in [7, 11) is 1.66. The lowest BCUT2D eigenvalue weighted by Gasteiger charge is -2.34. The lowest BCUT2D eigenvalue weighted by Crippen LogP contribution is -2.48. The van der Waals surface area contributed by atoms with Gasteiger partial charge in [-0.3, -0.25) is 9.69 Å². The van der Waals surface area contributed by atoms with Crippen molar-refractivity contribution in [3.05, 3.63) is 46.8 Å². The summed E-state index contributed by atoms with van der Waals surface area (Å²) in [6, 6.07) is 7.92. The third kappa shape index (κ3) is 4.43. The number of aryl methyl sites for hydroxylation is 3. The molecular formula is C20H27N3O3. The molecule has 0 atom stereocenters. The van der Waals surface area contributed by atoms with Crippen LogP contribution in [0.25, 0.3) is 0 Å². The van der Waals surface area contributed by atoms with Gasteiger partial charge in [0.2, 0.25) is 5.91 Å². The van der Waals surface area contributed by atoms with Crippen LogP contribution in [0.1, 0.15) is 29.0 Å². The Labute approximate surface area is 154 Å². The Hall–Kier alpha value is -2.34. The molecule has 0 bridgehead atoms. The molecule has 2 aromatic rings. The van der Waals surface area contributed by atoms with E-state index < -0.39 is 0 Å². The maximum Gasteiger partial charge on any atom is 0.222 e. The molecule has 1 aliphatic heterocycles. The van der Waals surface area contributed by atoms with Gasteiger partial charge in [-0.25, -0.2) is 0 Å². The first-order chi connectivity index (χ1) is 12.6. The number of rotatable bonds is 6. The molecule has 0 N–H and O–H groups in total. The third-order valence-electron chi connectivity index (χ3n) is 5.05. The Morgan fingerprint density at radius 1 is 1.23 bits per heavy atom. The molecule has 1 saturated heterocycles. The minimum atomic E-state index is 0.227. The fourth-order valence-electron chi connectivity index (χ4n) is 3.34. The summed E-state index contributed by atoms with van der Waals surface area (Å²) in [5.74, 6) is 1.95. The molecule has 1 amide bonds. The second-order valence-electron chi connectivity index (χ2n) is 6.81. The molecule has 2 heterocycles. The van der Waals surface area contributed by atoms with Crippen LogP contribution in [0.3, 0.4) is 0 Å². The average molecular weight is 357 g/mol. The van der Waals surface area contributed by atoms with Crippen LogP contribution >= 0.6 is 0 Å². The van der Waals surface area contributed by atoms with E-state index in [9.17, 15) is 4.79 Å². The number of carbonyl (C=O) groups is 1. The molecular weight excluding hydrogens is 330 g/mol. The maximum atomic E-state index is 12.5. The number of hydrogen-bond donors (Lipinski definition) is 0. The number of aromatic nitrogens is 1. The monoisotopic (exact) mass is 357 g/mol. The zero-order chi connectivity index (χ0) is 18.5. The molecule has 1 fully saturated rings. The van der Waals surface area contributed by atoms with E-state index in [2.05, 4.69) is 10.1 Å². The molecule has 0 unspecified atom stereocenters. The Kier molecular flexibility index (Phi) is 5.93. The van der Waals surface area contributed by atoms with E-state index in [1.165, 1.54) is 5.56 Å². The van der Waals surface area contributed by atoms with Crippen LogP contribution in [-0.4, -0.2) is 54.2 Å². The number of benzene rings is 1. The molecule has 26 heavy (non-hydrogen) atoms. The van der Waals surface area contributed by atoms with Crippen molar-refractivity contribution in [1.29, 1.82) is 0 Å². The van der Waals surface area contributed by atoms with E-state index in [-0.39, 0.29) is 5.91 Å².